The number of hydrogen-bond acceptors (Lipinski definition) is 5. The van der Waals surface area contributed by atoms with Crippen LogP contribution >= 0.6 is 0 Å². The number of amides is 3. The summed E-state index contributed by atoms with van der Waals surface area (Å²) in [7, 11) is 0. The fraction of sp³-hybridized carbons (Fsp3) is 0.200. The van der Waals surface area contributed by atoms with E-state index < -0.39 is 17.6 Å². The highest BCUT2D eigenvalue weighted by atomic mass is 16.6. The number of carbonyl (C=O) groups is 3. The van der Waals surface area contributed by atoms with Gasteiger partial charge in [-0.05, 0) is 67.8 Å². The number of rotatable bonds is 6. The van der Waals surface area contributed by atoms with E-state index in [0.717, 1.165) is 38.9 Å². The third kappa shape index (κ3) is 5.24. The van der Waals surface area contributed by atoms with Gasteiger partial charge < -0.3 is 15.4 Å². The fourth-order valence-electron chi connectivity index (χ4n) is 4.66. The van der Waals surface area contributed by atoms with Crippen LogP contribution in [0.1, 0.15) is 36.7 Å². The number of nitrogens with zero attached hydrogens (tertiary/aromatic N) is 2. The Morgan fingerprint density at radius 3 is 2.56 bits per heavy atom. The zero-order valence-corrected chi connectivity index (χ0v) is 22.0. The van der Waals surface area contributed by atoms with Gasteiger partial charge in [0.1, 0.15) is 5.60 Å². The molecule has 1 aliphatic rings. The molecule has 0 atom stereocenters. The number of nitrogens with two attached hydrogens (primary N) is 1. The molecule has 4 aromatic rings. The summed E-state index contributed by atoms with van der Waals surface area (Å²) in [5, 5.41) is 11.3. The maximum atomic E-state index is 13.0. The number of H-pyrrole nitrogens is 1. The van der Waals surface area contributed by atoms with Gasteiger partial charge in [0.2, 0.25) is 5.91 Å². The Hall–Kier alpha value is -4.92. The Labute approximate surface area is 225 Å². The second-order valence-corrected chi connectivity index (χ2v) is 10.5. The van der Waals surface area contributed by atoms with Crippen LogP contribution in [-0.4, -0.2) is 45.2 Å². The largest absolute Gasteiger partial charge is 0.444 e. The topological polar surface area (TPSA) is 130 Å². The molecule has 198 valence electrons. The zero-order valence-electron chi connectivity index (χ0n) is 22.0. The summed E-state index contributed by atoms with van der Waals surface area (Å²) < 4.78 is 5.36. The molecule has 0 saturated carbocycles. The van der Waals surface area contributed by atoms with E-state index in [9.17, 15) is 14.4 Å². The monoisotopic (exact) mass is 523 g/mol. The van der Waals surface area contributed by atoms with Gasteiger partial charge in [0.05, 0.1) is 17.8 Å². The second-order valence-electron chi connectivity index (χ2n) is 10.5. The molecular weight excluding hydrogens is 494 g/mol. The molecule has 9 heteroatoms. The molecule has 5 rings (SSSR count). The van der Waals surface area contributed by atoms with Crippen molar-refractivity contribution in [3.63, 3.8) is 0 Å². The molecule has 0 spiro atoms. The maximum absolute atomic E-state index is 13.0. The standard InChI is InChI=1S/C30H29N5O4/c1-17(27(31)36)15-35-16-24-21(9-6-10-22(24)28(35)37)18-11-12-25-23(14-18)26(34-33-25)19-7-5-8-20(13-19)32-29(38)39-30(2,3)4/h5-14H,1,15-16H2,2-4H3,(H2,31,36)(H,32,38)(H,33,34). The smallest absolute Gasteiger partial charge is 0.412 e. The minimum atomic E-state index is -0.623. The van der Waals surface area contributed by atoms with Gasteiger partial charge >= 0.3 is 6.09 Å². The van der Waals surface area contributed by atoms with Crippen LogP contribution in [0.4, 0.5) is 10.5 Å². The van der Waals surface area contributed by atoms with Crippen LogP contribution < -0.4 is 11.1 Å². The van der Waals surface area contributed by atoms with Gasteiger partial charge in [-0.25, -0.2) is 4.79 Å². The summed E-state index contributed by atoms with van der Waals surface area (Å²) in [4.78, 5) is 38.3. The van der Waals surface area contributed by atoms with E-state index in [1.165, 1.54) is 0 Å². The van der Waals surface area contributed by atoms with Crippen molar-refractivity contribution in [3.8, 4) is 22.4 Å². The highest BCUT2D eigenvalue weighted by Gasteiger charge is 2.30. The molecule has 3 aromatic carbocycles. The summed E-state index contributed by atoms with van der Waals surface area (Å²) in [6.45, 7) is 9.56. The van der Waals surface area contributed by atoms with Crippen molar-refractivity contribution in [2.45, 2.75) is 32.9 Å². The van der Waals surface area contributed by atoms with Gasteiger partial charge in [-0.1, -0.05) is 36.9 Å². The molecule has 3 amide bonds. The van der Waals surface area contributed by atoms with Gasteiger partial charge in [-0.2, -0.15) is 5.10 Å². The van der Waals surface area contributed by atoms with E-state index in [1.807, 2.05) is 69.3 Å². The van der Waals surface area contributed by atoms with Crippen molar-refractivity contribution < 1.29 is 19.1 Å². The lowest BCUT2D eigenvalue weighted by Gasteiger charge is -2.19. The van der Waals surface area contributed by atoms with Gasteiger partial charge in [-0.3, -0.25) is 20.0 Å². The van der Waals surface area contributed by atoms with E-state index >= 15 is 0 Å². The third-order valence-corrected chi connectivity index (χ3v) is 6.43. The number of benzene rings is 3. The first-order chi connectivity index (χ1) is 18.5. The quantitative estimate of drug-likeness (QED) is 0.298. The number of aromatic amines is 1. The van der Waals surface area contributed by atoms with Crippen molar-refractivity contribution in [1.29, 1.82) is 0 Å². The van der Waals surface area contributed by atoms with Gasteiger partial charge in [0, 0.05) is 34.3 Å². The lowest BCUT2D eigenvalue weighted by molar-refractivity contribution is -0.114. The highest BCUT2D eigenvalue weighted by molar-refractivity contribution is 6.03. The maximum Gasteiger partial charge on any atom is 0.412 e. The van der Waals surface area contributed by atoms with Crippen LogP contribution in [0.25, 0.3) is 33.3 Å². The fourth-order valence-corrected chi connectivity index (χ4v) is 4.66. The van der Waals surface area contributed by atoms with Crippen LogP contribution in [0.3, 0.4) is 0 Å². The normalized spacial score (nSPS) is 12.9. The van der Waals surface area contributed by atoms with Crippen LogP contribution in [0.5, 0.6) is 0 Å². The zero-order chi connectivity index (χ0) is 27.9. The summed E-state index contributed by atoms with van der Waals surface area (Å²) in [6.07, 6.45) is -0.533. The molecule has 0 unspecified atom stereocenters. The van der Waals surface area contributed by atoms with E-state index in [-0.39, 0.29) is 18.0 Å². The number of anilines is 1. The number of aromatic nitrogens is 2. The number of nitrogens with one attached hydrogen (secondary N) is 2. The Morgan fingerprint density at radius 2 is 1.82 bits per heavy atom. The second kappa shape index (κ2) is 9.75. The molecule has 4 N–H and O–H groups in total. The predicted molar refractivity (Wildman–Crippen MR) is 150 cm³/mol. The van der Waals surface area contributed by atoms with Gasteiger partial charge in [-0.15, -0.1) is 0 Å². The summed E-state index contributed by atoms with van der Waals surface area (Å²) in [5.41, 5.74) is 11.2. The first-order valence-corrected chi connectivity index (χ1v) is 12.5. The van der Waals surface area contributed by atoms with E-state index in [2.05, 4.69) is 22.1 Å². The van der Waals surface area contributed by atoms with Crippen LogP contribution in [-0.2, 0) is 16.1 Å². The lowest BCUT2D eigenvalue weighted by Crippen LogP contribution is -2.30. The minimum absolute atomic E-state index is 0.0842. The molecule has 2 heterocycles. The molecule has 1 aliphatic heterocycles. The van der Waals surface area contributed by atoms with Crippen molar-refractivity contribution >= 4 is 34.5 Å². The first kappa shape index (κ1) is 25.7. The van der Waals surface area contributed by atoms with Gasteiger partial charge in [0.15, 0.2) is 0 Å². The Morgan fingerprint density at radius 1 is 1.08 bits per heavy atom. The average molecular weight is 524 g/mol. The summed E-state index contributed by atoms with van der Waals surface area (Å²) in [5.74, 6) is -0.782. The van der Waals surface area contributed by atoms with E-state index in [1.54, 1.807) is 17.0 Å². The van der Waals surface area contributed by atoms with Crippen LogP contribution in [0.2, 0.25) is 0 Å². The third-order valence-electron chi connectivity index (χ3n) is 6.43. The van der Waals surface area contributed by atoms with E-state index in [0.29, 0.717) is 17.8 Å². The van der Waals surface area contributed by atoms with Crippen molar-refractivity contribution in [3.05, 3.63) is 83.9 Å². The Kier molecular flexibility index (Phi) is 6.43. The average Bonchev–Trinajstić information content (AvgIpc) is 3.43. The molecule has 0 fully saturated rings. The minimum Gasteiger partial charge on any atom is -0.444 e. The number of fused-ring (bicyclic) bond motifs is 2. The highest BCUT2D eigenvalue weighted by Crippen LogP contribution is 2.36. The lowest BCUT2D eigenvalue weighted by atomic mass is 9.95. The Balaban J connectivity index is 1.47. The SMILES string of the molecule is C=C(CN1Cc2c(cccc2-c2ccc3[nH]nc(-c4cccc(NC(=O)OC(C)(C)C)c4)c3c2)C1=O)C(N)=O. The number of carbonyl (C=O) groups excluding carboxylic acids is 3. The van der Waals surface area contributed by atoms with Crippen LogP contribution in [0.15, 0.2) is 72.8 Å². The predicted octanol–water partition coefficient (Wildman–Crippen LogP) is 5.24. The van der Waals surface area contributed by atoms with Crippen molar-refractivity contribution in [2.75, 3.05) is 11.9 Å². The van der Waals surface area contributed by atoms with E-state index in [4.69, 9.17) is 10.5 Å². The van der Waals surface area contributed by atoms with Crippen LogP contribution in [0, 0.1) is 0 Å². The number of ether oxygens (including phenoxy) is 1. The molecular formula is C30H29N5O4. The molecule has 39 heavy (non-hydrogen) atoms. The Bertz CT molecular complexity index is 1650. The molecule has 0 aliphatic carbocycles. The summed E-state index contributed by atoms with van der Waals surface area (Å²) >= 11 is 0. The first-order valence-electron chi connectivity index (χ1n) is 12.5. The molecule has 0 saturated heterocycles. The molecule has 9 nitrogen and oxygen atoms in total. The molecule has 0 radical (unpaired) electrons. The van der Waals surface area contributed by atoms with Crippen molar-refractivity contribution in [2.24, 2.45) is 5.73 Å². The summed E-state index contributed by atoms with van der Waals surface area (Å²) in [6, 6.07) is 19.0. The van der Waals surface area contributed by atoms with Crippen molar-refractivity contribution in [1.82, 2.24) is 15.1 Å². The molecule has 1 aromatic heterocycles. The molecule has 0 bridgehead atoms. The number of hydrogen-bond donors (Lipinski definition) is 3. The number of primary amides is 1. The van der Waals surface area contributed by atoms with Gasteiger partial charge in [0.25, 0.3) is 5.91 Å².